The lowest BCUT2D eigenvalue weighted by atomic mass is 10.1. The number of ether oxygens (including phenoxy) is 4. The van der Waals surface area contributed by atoms with Crippen LogP contribution in [0.25, 0.3) is 29.0 Å². The van der Waals surface area contributed by atoms with Crippen LogP contribution in [-0.2, 0) is 8.85 Å². The van der Waals surface area contributed by atoms with E-state index >= 15 is 8.78 Å². The summed E-state index contributed by atoms with van der Waals surface area (Å²) in [6.45, 7) is 16.4. The van der Waals surface area contributed by atoms with Crippen molar-refractivity contribution in [2.45, 2.75) is 63.8 Å². The van der Waals surface area contributed by atoms with Gasteiger partial charge in [0.2, 0.25) is 11.8 Å². The number of halogens is 5. The van der Waals surface area contributed by atoms with E-state index in [-0.39, 0.29) is 56.9 Å². The monoisotopic (exact) mass is 1360 g/mol. The number of hydrogen-bond donors (Lipinski definition) is 2. The number of nitrogens with two attached hydrogens (primary N) is 2. The molecule has 0 spiro atoms. The molecule has 480 valence electrons. The van der Waals surface area contributed by atoms with Gasteiger partial charge in [-0.3, -0.25) is 9.59 Å². The molecule has 2 aromatic heterocycles. The molecule has 93 heavy (non-hydrogen) atoms. The molecule has 0 aliphatic rings. The Morgan fingerprint density at radius 2 is 0.849 bits per heavy atom. The number of nitrogens with zero attached hydrogens (tertiary/aromatic N) is 2. The molecule has 2 amide bonds. The van der Waals surface area contributed by atoms with Gasteiger partial charge < -0.3 is 48.1 Å². The Bertz CT molecular complexity index is 4130. The van der Waals surface area contributed by atoms with Crippen LogP contribution in [0.4, 0.5) is 17.6 Å². The van der Waals surface area contributed by atoms with Gasteiger partial charge in [0.25, 0.3) is 28.4 Å². The minimum absolute atomic E-state index is 0.108. The Kier molecular flexibility index (Phi) is 21.2. The maximum absolute atomic E-state index is 15.6. The largest absolute Gasteiger partial charge is 0.497 e. The fourth-order valence-electron chi connectivity index (χ4n) is 11.2. The smallest absolute Gasteiger partial charge is 0.261 e. The molecule has 14 nitrogen and oxygen atoms in total. The van der Waals surface area contributed by atoms with Crippen LogP contribution in [-0.4, -0.2) is 65.9 Å². The Balaban J connectivity index is 0.000000219. The highest BCUT2D eigenvalue weighted by Gasteiger charge is 2.52. The first kappa shape index (κ1) is 68.0. The number of methoxy groups -OCH3 is 2. The molecule has 10 rings (SSSR count). The molecule has 0 aliphatic carbocycles. The molecule has 10 aromatic rings. The molecule has 2 heterocycles. The van der Waals surface area contributed by atoms with Gasteiger partial charge in [-0.15, -0.1) is 0 Å². The highest BCUT2D eigenvalue weighted by Crippen LogP contribution is 2.42. The predicted molar refractivity (Wildman–Crippen MR) is 358 cm³/mol. The van der Waals surface area contributed by atoms with Crippen LogP contribution in [0.2, 0.25) is 10.1 Å². The number of rotatable bonds is 23. The molecule has 8 aromatic carbocycles. The van der Waals surface area contributed by atoms with Gasteiger partial charge in [0.05, 0.1) is 27.4 Å². The van der Waals surface area contributed by atoms with Crippen molar-refractivity contribution in [3.8, 4) is 45.9 Å². The van der Waals surface area contributed by atoms with Gasteiger partial charge in [-0.25, -0.2) is 27.5 Å². The Labute approximate surface area is 547 Å². The standard InChI is InChI=1S/C37H36F2N2O5Si.C35H33BrF2N2O5Si/c1-6-29-34(41-36(46-29)24-17-19-25(43-5)20-18-24)31(45-30-22-21-28(38)32(33(30)39)35(40)42)23-44-47(37(2,3)4,26-13-9-7-10-14-26)27-15-11-8-12-16-27;1-35(2,3)46(24-11-7-5-8-12-24,25-13-9-6-10-14-25)43-21-28(44-27-20-19-26(37)29(30(27)38)33(39)41)31-32(36)45-34(40-31)22-15-17-23(42-4)18-16-22/h6-22,31H,1,23H2,2-5H3,(H2,40,42);5-20,28H,21H2,1-4H3,(H2,39,41). The normalized spacial score (nSPS) is 12.4. The molecular formula is C72H69BrF4N4O10Si2. The molecule has 21 heteroatoms. The Morgan fingerprint density at radius 1 is 0.516 bits per heavy atom. The minimum atomic E-state index is -3.11. The first-order chi connectivity index (χ1) is 44.5. The van der Waals surface area contributed by atoms with Crippen molar-refractivity contribution in [2.75, 3.05) is 27.4 Å². The van der Waals surface area contributed by atoms with Gasteiger partial charge >= 0.3 is 0 Å². The molecule has 0 aliphatic heterocycles. The number of benzene rings is 8. The fraction of sp³-hybridized carbons (Fsp3) is 0.194. The number of oxazole rings is 2. The van der Waals surface area contributed by atoms with Crippen LogP contribution in [0, 0.1) is 23.3 Å². The van der Waals surface area contributed by atoms with E-state index in [0.29, 0.717) is 22.6 Å². The molecular weight excluding hydrogens is 1290 g/mol. The van der Waals surface area contributed by atoms with Crippen molar-refractivity contribution in [3.05, 3.63) is 257 Å². The number of carbonyl (C=O) groups is 2. The van der Waals surface area contributed by atoms with E-state index in [4.69, 9.17) is 58.1 Å². The van der Waals surface area contributed by atoms with E-state index in [1.54, 1.807) is 62.8 Å². The van der Waals surface area contributed by atoms with E-state index < -0.39 is 86.6 Å². The van der Waals surface area contributed by atoms with E-state index in [1.165, 1.54) is 6.08 Å². The lowest BCUT2D eigenvalue weighted by Crippen LogP contribution is -2.66. The minimum Gasteiger partial charge on any atom is -0.497 e. The first-order valence-corrected chi connectivity index (χ1v) is 34.0. The molecule has 0 fully saturated rings. The molecule has 4 N–H and O–H groups in total. The van der Waals surface area contributed by atoms with Crippen molar-refractivity contribution in [3.63, 3.8) is 0 Å². The van der Waals surface area contributed by atoms with Crippen LogP contribution in [0.1, 0.15) is 91.6 Å². The molecule has 0 radical (unpaired) electrons. The number of hydrogen-bond acceptors (Lipinski definition) is 12. The maximum Gasteiger partial charge on any atom is 0.261 e. The third-order valence-corrected chi connectivity index (χ3v) is 26.2. The lowest BCUT2D eigenvalue weighted by Gasteiger charge is -2.43. The highest BCUT2D eigenvalue weighted by atomic mass is 79.9. The first-order valence-electron chi connectivity index (χ1n) is 29.4. The average Bonchev–Trinajstić information content (AvgIpc) is 0.873. The second-order valence-electron chi connectivity index (χ2n) is 23.5. The summed E-state index contributed by atoms with van der Waals surface area (Å²) >= 11 is 3.47. The number of primary amides is 2. The topological polar surface area (TPSA) is 194 Å². The highest BCUT2D eigenvalue weighted by molar-refractivity contribution is 9.10. The summed E-state index contributed by atoms with van der Waals surface area (Å²) in [7, 11) is -3.07. The third kappa shape index (κ3) is 14.5. The molecule has 2 unspecified atom stereocenters. The zero-order valence-electron chi connectivity index (χ0n) is 52.4. The zero-order chi connectivity index (χ0) is 66.8. The van der Waals surface area contributed by atoms with Crippen LogP contribution >= 0.6 is 15.9 Å². The van der Waals surface area contributed by atoms with Crippen molar-refractivity contribution in [1.29, 1.82) is 0 Å². The van der Waals surface area contributed by atoms with Crippen molar-refractivity contribution in [2.24, 2.45) is 11.5 Å². The molecule has 0 saturated heterocycles. The number of amides is 2. The SMILES string of the molecule is C=Cc1oc(-c2ccc(OC)cc2)nc1C(CO[Si](c1ccccc1)(c1ccccc1)C(C)(C)C)Oc1ccc(F)c(C(N)=O)c1F.COc1ccc(-c2nc(C(CO[Si](c3ccccc3)(c3ccccc3)C(C)(C)C)Oc3ccc(F)c(C(N)=O)c3F)c(Br)o2)cc1. The second kappa shape index (κ2) is 29.1. The summed E-state index contributed by atoms with van der Waals surface area (Å²) in [5.41, 5.74) is 10.6. The van der Waals surface area contributed by atoms with Crippen molar-refractivity contribution >= 4 is 71.2 Å². The Morgan fingerprint density at radius 3 is 1.17 bits per heavy atom. The molecule has 0 saturated carbocycles. The van der Waals surface area contributed by atoms with Gasteiger partial charge in [0, 0.05) is 11.1 Å². The number of aromatic nitrogens is 2. The van der Waals surface area contributed by atoms with E-state index in [1.807, 2.05) is 121 Å². The van der Waals surface area contributed by atoms with Crippen molar-refractivity contribution < 1.29 is 63.8 Å². The van der Waals surface area contributed by atoms with Gasteiger partial charge in [-0.1, -0.05) is 169 Å². The lowest BCUT2D eigenvalue weighted by molar-refractivity contribution is 0.0975. The van der Waals surface area contributed by atoms with Crippen LogP contribution < -0.4 is 51.2 Å². The summed E-state index contributed by atoms with van der Waals surface area (Å²) < 4.78 is 110. The Hall–Kier alpha value is -9.39. The average molecular weight is 1360 g/mol. The van der Waals surface area contributed by atoms with Crippen LogP contribution in [0.5, 0.6) is 23.0 Å². The van der Waals surface area contributed by atoms with Gasteiger partial charge in [-0.05, 0) is 126 Å². The summed E-state index contributed by atoms with van der Waals surface area (Å²) in [6, 6.07) is 58.2. The number of carbonyl (C=O) groups excluding carboxylic acids is 2. The van der Waals surface area contributed by atoms with Crippen LogP contribution in [0.3, 0.4) is 0 Å². The van der Waals surface area contributed by atoms with E-state index in [9.17, 15) is 18.4 Å². The van der Waals surface area contributed by atoms with Gasteiger partial charge in [0.1, 0.15) is 45.6 Å². The molecule has 0 bridgehead atoms. The van der Waals surface area contributed by atoms with Gasteiger partial charge in [-0.2, -0.15) is 0 Å². The van der Waals surface area contributed by atoms with E-state index in [0.717, 1.165) is 45.0 Å². The summed E-state index contributed by atoms with van der Waals surface area (Å²) in [5, 5.41) is 3.31. The fourth-order valence-corrected chi connectivity index (χ4v) is 20.8. The predicted octanol–water partition coefficient (Wildman–Crippen LogP) is 14.3. The summed E-state index contributed by atoms with van der Waals surface area (Å²) in [5.74, 6) is -5.87. The maximum atomic E-state index is 15.6. The zero-order valence-corrected chi connectivity index (χ0v) is 55.9. The second-order valence-corrected chi connectivity index (χ2v) is 32.8. The van der Waals surface area contributed by atoms with Crippen molar-refractivity contribution in [1.82, 2.24) is 9.97 Å². The van der Waals surface area contributed by atoms with E-state index in [2.05, 4.69) is 64.1 Å². The van der Waals surface area contributed by atoms with Crippen LogP contribution in [0.15, 0.2) is 214 Å². The summed E-state index contributed by atoms with van der Waals surface area (Å²) in [6.07, 6.45) is -0.696. The van der Waals surface area contributed by atoms with Gasteiger partial charge in [0.15, 0.2) is 45.8 Å². The molecule has 2 atom stereocenters. The third-order valence-electron chi connectivity index (χ3n) is 15.6. The summed E-state index contributed by atoms with van der Waals surface area (Å²) in [4.78, 5) is 33.3. The quantitative estimate of drug-likeness (QED) is 0.0455.